The largest absolute Gasteiger partial charge is 0.486 e. The van der Waals surface area contributed by atoms with Crippen LogP contribution in [0.5, 0.6) is 11.5 Å². The van der Waals surface area contributed by atoms with Gasteiger partial charge in [0, 0.05) is 6.04 Å². The fraction of sp³-hybridized carbons (Fsp3) is 0.647. The van der Waals surface area contributed by atoms with Gasteiger partial charge in [-0.15, -0.1) is 0 Å². The number of hydrogen-bond donors (Lipinski definition) is 1. The number of hydrogen-bond acceptors (Lipinski definition) is 3. The molecule has 0 bridgehead atoms. The molecule has 2 aliphatic rings. The van der Waals surface area contributed by atoms with E-state index in [0.29, 0.717) is 19.1 Å². The molecule has 1 aliphatic carbocycles. The van der Waals surface area contributed by atoms with Crippen molar-refractivity contribution >= 4 is 0 Å². The number of benzene rings is 1. The van der Waals surface area contributed by atoms with Crippen LogP contribution in [0.25, 0.3) is 0 Å². The maximum absolute atomic E-state index is 6.49. The summed E-state index contributed by atoms with van der Waals surface area (Å²) in [5.41, 5.74) is 7.68. The van der Waals surface area contributed by atoms with Crippen LogP contribution < -0.4 is 15.2 Å². The Balaban J connectivity index is 1.69. The zero-order chi connectivity index (χ0) is 13.9. The van der Waals surface area contributed by atoms with Crippen molar-refractivity contribution in [1.82, 2.24) is 0 Å². The molecular weight excluding hydrogens is 250 g/mol. The molecule has 1 fully saturated rings. The molecule has 0 amide bonds. The molecule has 1 aromatic rings. The standard InChI is InChI=1S/C17H25NO2/c1-2-12-3-5-13(6-4-12)17(18)14-7-8-15-16(11-14)20-10-9-19-15/h7-8,11-13,17H,2-6,9-10,18H2,1H3. The van der Waals surface area contributed by atoms with Gasteiger partial charge in [-0.1, -0.05) is 32.3 Å². The van der Waals surface area contributed by atoms with Crippen LogP contribution in [0.2, 0.25) is 0 Å². The minimum absolute atomic E-state index is 0.128. The van der Waals surface area contributed by atoms with Gasteiger partial charge < -0.3 is 15.2 Å². The SMILES string of the molecule is CCC1CCC(C(N)c2ccc3c(c2)OCCO3)CC1. The first-order chi connectivity index (χ1) is 9.78. The van der Waals surface area contributed by atoms with Crippen molar-refractivity contribution in [3.63, 3.8) is 0 Å². The van der Waals surface area contributed by atoms with E-state index in [9.17, 15) is 0 Å². The minimum atomic E-state index is 0.128. The van der Waals surface area contributed by atoms with Crippen LogP contribution in [0.15, 0.2) is 18.2 Å². The highest BCUT2D eigenvalue weighted by Crippen LogP contribution is 2.39. The fourth-order valence-electron chi connectivity index (χ4n) is 3.50. The summed E-state index contributed by atoms with van der Waals surface area (Å²) in [6.07, 6.45) is 6.49. The van der Waals surface area contributed by atoms with Gasteiger partial charge in [0.15, 0.2) is 11.5 Å². The third-order valence-electron chi connectivity index (χ3n) is 4.93. The molecule has 1 heterocycles. The summed E-state index contributed by atoms with van der Waals surface area (Å²) in [5.74, 6) is 3.23. The smallest absolute Gasteiger partial charge is 0.161 e. The monoisotopic (exact) mass is 275 g/mol. The third kappa shape index (κ3) is 2.78. The van der Waals surface area contributed by atoms with Crippen molar-refractivity contribution in [2.24, 2.45) is 17.6 Å². The van der Waals surface area contributed by atoms with Crippen molar-refractivity contribution in [2.45, 2.75) is 45.1 Å². The highest BCUT2D eigenvalue weighted by atomic mass is 16.6. The highest BCUT2D eigenvalue weighted by Gasteiger charge is 2.26. The third-order valence-corrected chi connectivity index (χ3v) is 4.93. The van der Waals surface area contributed by atoms with E-state index >= 15 is 0 Å². The summed E-state index contributed by atoms with van der Waals surface area (Å²) in [4.78, 5) is 0. The molecule has 20 heavy (non-hydrogen) atoms. The van der Waals surface area contributed by atoms with Gasteiger partial charge in [0.25, 0.3) is 0 Å². The molecule has 3 nitrogen and oxygen atoms in total. The molecule has 1 aromatic carbocycles. The van der Waals surface area contributed by atoms with Crippen LogP contribution in [0.3, 0.4) is 0 Å². The predicted octanol–water partition coefficient (Wildman–Crippen LogP) is 3.67. The van der Waals surface area contributed by atoms with E-state index in [-0.39, 0.29) is 6.04 Å². The van der Waals surface area contributed by atoms with Gasteiger partial charge >= 0.3 is 0 Å². The summed E-state index contributed by atoms with van der Waals surface area (Å²) >= 11 is 0. The number of rotatable bonds is 3. The van der Waals surface area contributed by atoms with Crippen LogP contribution in [-0.2, 0) is 0 Å². The van der Waals surface area contributed by atoms with Gasteiger partial charge in [-0.3, -0.25) is 0 Å². The Morgan fingerprint density at radius 1 is 1.10 bits per heavy atom. The van der Waals surface area contributed by atoms with E-state index < -0.39 is 0 Å². The first-order valence-corrected chi connectivity index (χ1v) is 7.93. The Morgan fingerprint density at radius 3 is 2.50 bits per heavy atom. The van der Waals surface area contributed by atoms with E-state index in [1.807, 2.05) is 6.07 Å². The second-order valence-corrected chi connectivity index (χ2v) is 6.12. The minimum Gasteiger partial charge on any atom is -0.486 e. The van der Waals surface area contributed by atoms with Crippen molar-refractivity contribution < 1.29 is 9.47 Å². The summed E-state index contributed by atoms with van der Waals surface area (Å²) in [6.45, 7) is 3.57. The Labute approximate surface area is 121 Å². The Hall–Kier alpha value is -1.22. The lowest BCUT2D eigenvalue weighted by Gasteiger charge is -2.32. The molecule has 1 aliphatic heterocycles. The molecule has 1 unspecified atom stereocenters. The average Bonchev–Trinajstić information content (AvgIpc) is 2.54. The van der Waals surface area contributed by atoms with Gasteiger partial charge in [-0.2, -0.15) is 0 Å². The van der Waals surface area contributed by atoms with Crippen LogP contribution in [0.4, 0.5) is 0 Å². The molecule has 1 saturated carbocycles. The van der Waals surface area contributed by atoms with Crippen molar-refractivity contribution in [2.75, 3.05) is 13.2 Å². The van der Waals surface area contributed by atoms with E-state index in [1.54, 1.807) is 0 Å². The van der Waals surface area contributed by atoms with Crippen LogP contribution in [0, 0.1) is 11.8 Å². The molecule has 3 heteroatoms. The highest BCUT2D eigenvalue weighted by molar-refractivity contribution is 5.44. The van der Waals surface area contributed by atoms with Gasteiger partial charge in [0.2, 0.25) is 0 Å². The Morgan fingerprint density at radius 2 is 1.80 bits per heavy atom. The van der Waals surface area contributed by atoms with Gasteiger partial charge in [0.05, 0.1) is 0 Å². The first-order valence-electron chi connectivity index (χ1n) is 7.93. The summed E-state index contributed by atoms with van der Waals surface area (Å²) in [5, 5.41) is 0. The van der Waals surface area contributed by atoms with Crippen LogP contribution in [-0.4, -0.2) is 13.2 Å². The topological polar surface area (TPSA) is 44.5 Å². The van der Waals surface area contributed by atoms with Crippen molar-refractivity contribution in [3.05, 3.63) is 23.8 Å². The molecule has 0 saturated heterocycles. The van der Waals surface area contributed by atoms with E-state index in [4.69, 9.17) is 15.2 Å². The number of fused-ring (bicyclic) bond motifs is 1. The van der Waals surface area contributed by atoms with Crippen LogP contribution >= 0.6 is 0 Å². The van der Waals surface area contributed by atoms with Crippen molar-refractivity contribution in [1.29, 1.82) is 0 Å². The maximum atomic E-state index is 6.49. The summed E-state index contributed by atoms with van der Waals surface area (Å²) in [7, 11) is 0. The second-order valence-electron chi connectivity index (χ2n) is 6.12. The lowest BCUT2D eigenvalue weighted by Crippen LogP contribution is -2.26. The normalized spacial score (nSPS) is 27.1. The van der Waals surface area contributed by atoms with Gasteiger partial charge in [0.1, 0.15) is 13.2 Å². The maximum Gasteiger partial charge on any atom is 0.161 e. The average molecular weight is 275 g/mol. The van der Waals surface area contributed by atoms with E-state index in [2.05, 4.69) is 19.1 Å². The first kappa shape index (κ1) is 13.7. The molecule has 0 spiro atoms. The fourth-order valence-corrected chi connectivity index (χ4v) is 3.50. The predicted molar refractivity (Wildman–Crippen MR) is 80.1 cm³/mol. The van der Waals surface area contributed by atoms with E-state index in [1.165, 1.54) is 37.7 Å². The van der Waals surface area contributed by atoms with E-state index in [0.717, 1.165) is 17.4 Å². The molecule has 2 N–H and O–H groups in total. The molecule has 3 rings (SSSR count). The van der Waals surface area contributed by atoms with Gasteiger partial charge in [-0.05, 0) is 42.4 Å². The van der Waals surface area contributed by atoms with Crippen molar-refractivity contribution in [3.8, 4) is 11.5 Å². The number of ether oxygens (including phenoxy) is 2. The van der Waals surface area contributed by atoms with Gasteiger partial charge in [-0.25, -0.2) is 0 Å². The Kier molecular flexibility index (Phi) is 4.16. The lowest BCUT2D eigenvalue weighted by molar-refractivity contribution is 0.171. The Bertz CT molecular complexity index is 452. The quantitative estimate of drug-likeness (QED) is 0.915. The molecule has 110 valence electrons. The second kappa shape index (κ2) is 6.04. The molecule has 0 aromatic heterocycles. The summed E-state index contributed by atoms with van der Waals surface area (Å²) < 4.78 is 11.2. The zero-order valence-corrected chi connectivity index (χ0v) is 12.3. The molecule has 1 atom stereocenters. The van der Waals surface area contributed by atoms with Crippen LogP contribution in [0.1, 0.15) is 50.6 Å². The summed E-state index contributed by atoms with van der Waals surface area (Å²) in [6, 6.07) is 6.31. The lowest BCUT2D eigenvalue weighted by atomic mass is 9.76. The molecular formula is C17H25NO2. The number of nitrogens with two attached hydrogens (primary N) is 1. The molecule has 0 radical (unpaired) electrons. The zero-order valence-electron chi connectivity index (χ0n) is 12.3.